The molecule has 1 N–H and O–H groups in total. The Labute approximate surface area is 112 Å². The molecule has 19 heavy (non-hydrogen) atoms. The molecule has 1 aliphatic heterocycles. The number of amides is 1. The molecule has 1 saturated heterocycles. The first-order valence-corrected chi connectivity index (χ1v) is 6.45. The van der Waals surface area contributed by atoms with Crippen LogP contribution in [0.1, 0.15) is 25.0 Å². The number of carbonyl (C=O) groups excluding carboxylic acids is 1. The summed E-state index contributed by atoms with van der Waals surface area (Å²) >= 11 is 0. The smallest absolute Gasteiger partial charge is 0.241 e. The third kappa shape index (κ3) is 3.04. The topological polar surface area (TPSA) is 43.8 Å². The lowest BCUT2D eigenvalue weighted by Crippen LogP contribution is -2.34. The van der Waals surface area contributed by atoms with Crippen molar-refractivity contribution in [2.45, 2.75) is 19.4 Å². The van der Waals surface area contributed by atoms with Crippen LogP contribution in [0.25, 0.3) is 0 Å². The number of benzene rings is 1. The number of anilines is 1. The zero-order valence-electron chi connectivity index (χ0n) is 11.3. The first-order chi connectivity index (χ1) is 8.99. The number of nitrogens with zero attached hydrogens (tertiary/aromatic N) is 2. The Balaban J connectivity index is 2.24. The molecule has 0 bridgehead atoms. The first-order valence-electron chi connectivity index (χ1n) is 6.45. The molecule has 5 heteroatoms. The van der Waals surface area contributed by atoms with Gasteiger partial charge in [-0.05, 0) is 31.0 Å². The van der Waals surface area contributed by atoms with Gasteiger partial charge in [-0.3, -0.25) is 4.79 Å². The lowest BCUT2D eigenvalue weighted by molar-refractivity contribution is -0.127. The van der Waals surface area contributed by atoms with E-state index in [0.717, 1.165) is 6.42 Å². The number of hydrogen-bond acceptors (Lipinski definition) is 3. The highest BCUT2D eigenvalue weighted by molar-refractivity contribution is 5.81. The largest absolute Gasteiger partial charge is 0.389 e. The van der Waals surface area contributed by atoms with Crippen LogP contribution in [0.3, 0.4) is 0 Å². The SMILES string of the molecule is C[C@@H](O)c1ccc(N2CCCN(C)C(=O)C2)c(F)c1. The van der Waals surface area contributed by atoms with Crippen LogP contribution in [0, 0.1) is 5.82 Å². The van der Waals surface area contributed by atoms with Crippen molar-refractivity contribution < 1.29 is 14.3 Å². The molecule has 1 amide bonds. The van der Waals surface area contributed by atoms with Crippen LogP contribution in [0.15, 0.2) is 18.2 Å². The molecular weight excluding hydrogens is 247 g/mol. The van der Waals surface area contributed by atoms with Crippen LogP contribution in [0.2, 0.25) is 0 Å². The third-order valence-electron chi connectivity index (χ3n) is 3.47. The van der Waals surface area contributed by atoms with Gasteiger partial charge in [0.25, 0.3) is 0 Å². The monoisotopic (exact) mass is 266 g/mol. The molecule has 104 valence electrons. The summed E-state index contributed by atoms with van der Waals surface area (Å²) in [4.78, 5) is 15.2. The minimum Gasteiger partial charge on any atom is -0.389 e. The molecule has 1 aromatic rings. The predicted molar refractivity (Wildman–Crippen MR) is 71.5 cm³/mol. The van der Waals surface area contributed by atoms with Crippen LogP contribution in [-0.2, 0) is 4.79 Å². The highest BCUT2D eigenvalue weighted by Gasteiger charge is 2.21. The van der Waals surface area contributed by atoms with Gasteiger partial charge in [-0.15, -0.1) is 0 Å². The van der Waals surface area contributed by atoms with E-state index in [1.165, 1.54) is 6.07 Å². The molecule has 1 fully saturated rings. The minimum atomic E-state index is -0.694. The van der Waals surface area contributed by atoms with Crippen molar-refractivity contribution in [1.82, 2.24) is 4.90 Å². The van der Waals surface area contributed by atoms with Crippen molar-refractivity contribution in [2.75, 3.05) is 31.6 Å². The first kappa shape index (κ1) is 13.8. The molecule has 1 aromatic carbocycles. The number of hydrogen-bond donors (Lipinski definition) is 1. The van der Waals surface area contributed by atoms with E-state index in [-0.39, 0.29) is 12.5 Å². The van der Waals surface area contributed by atoms with Gasteiger partial charge in [-0.1, -0.05) is 6.07 Å². The van der Waals surface area contributed by atoms with Crippen LogP contribution >= 0.6 is 0 Å². The van der Waals surface area contributed by atoms with Gasteiger partial charge < -0.3 is 14.9 Å². The van der Waals surface area contributed by atoms with E-state index in [0.29, 0.717) is 24.3 Å². The van der Waals surface area contributed by atoms with Gasteiger partial charge in [-0.25, -0.2) is 4.39 Å². The Bertz CT molecular complexity index is 477. The summed E-state index contributed by atoms with van der Waals surface area (Å²) in [5, 5.41) is 9.43. The summed E-state index contributed by atoms with van der Waals surface area (Å²) in [5.74, 6) is -0.396. The van der Waals surface area contributed by atoms with Gasteiger partial charge in [0.05, 0.1) is 18.3 Å². The maximum Gasteiger partial charge on any atom is 0.241 e. The van der Waals surface area contributed by atoms with Gasteiger partial charge in [0.1, 0.15) is 5.82 Å². The van der Waals surface area contributed by atoms with E-state index in [1.54, 1.807) is 35.9 Å². The van der Waals surface area contributed by atoms with Crippen LogP contribution in [0.5, 0.6) is 0 Å². The highest BCUT2D eigenvalue weighted by Crippen LogP contribution is 2.24. The van der Waals surface area contributed by atoms with Gasteiger partial charge in [0.2, 0.25) is 5.91 Å². The van der Waals surface area contributed by atoms with Crippen molar-refractivity contribution in [3.05, 3.63) is 29.6 Å². The summed E-state index contributed by atoms with van der Waals surface area (Å²) in [6.45, 7) is 3.14. The summed E-state index contributed by atoms with van der Waals surface area (Å²) in [7, 11) is 1.76. The molecule has 0 radical (unpaired) electrons. The normalized spacial score (nSPS) is 18.4. The number of likely N-dealkylation sites (N-methyl/N-ethyl adjacent to an activating group) is 1. The Kier molecular flexibility index (Phi) is 4.04. The maximum atomic E-state index is 14.1. The Morgan fingerprint density at radius 3 is 2.74 bits per heavy atom. The average molecular weight is 266 g/mol. The molecule has 0 aliphatic carbocycles. The number of aliphatic hydroxyl groups is 1. The summed E-state index contributed by atoms with van der Waals surface area (Å²) < 4.78 is 14.1. The molecule has 1 aliphatic rings. The molecule has 1 heterocycles. The van der Waals surface area contributed by atoms with Crippen molar-refractivity contribution in [3.8, 4) is 0 Å². The van der Waals surface area contributed by atoms with E-state index < -0.39 is 11.9 Å². The van der Waals surface area contributed by atoms with Gasteiger partial charge >= 0.3 is 0 Å². The lowest BCUT2D eigenvalue weighted by atomic mass is 10.1. The second-order valence-corrected chi connectivity index (χ2v) is 4.98. The molecule has 0 saturated carbocycles. The Morgan fingerprint density at radius 2 is 2.11 bits per heavy atom. The van der Waals surface area contributed by atoms with Gasteiger partial charge in [0.15, 0.2) is 0 Å². The molecule has 0 unspecified atom stereocenters. The molecule has 0 spiro atoms. The Morgan fingerprint density at radius 1 is 1.37 bits per heavy atom. The molecule has 0 aromatic heterocycles. The number of aliphatic hydroxyl groups excluding tert-OH is 1. The van der Waals surface area contributed by atoms with Crippen LogP contribution in [0.4, 0.5) is 10.1 Å². The van der Waals surface area contributed by atoms with E-state index in [2.05, 4.69) is 0 Å². The van der Waals surface area contributed by atoms with Crippen molar-refractivity contribution in [2.24, 2.45) is 0 Å². The van der Waals surface area contributed by atoms with E-state index in [9.17, 15) is 14.3 Å². The van der Waals surface area contributed by atoms with Crippen LogP contribution < -0.4 is 4.90 Å². The second kappa shape index (κ2) is 5.57. The zero-order chi connectivity index (χ0) is 14.0. The zero-order valence-corrected chi connectivity index (χ0v) is 11.3. The second-order valence-electron chi connectivity index (χ2n) is 4.98. The van der Waals surface area contributed by atoms with E-state index in [4.69, 9.17) is 0 Å². The van der Waals surface area contributed by atoms with E-state index >= 15 is 0 Å². The average Bonchev–Trinajstić information content (AvgIpc) is 2.52. The molecule has 4 nitrogen and oxygen atoms in total. The van der Waals surface area contributed by atoms with Crippen molar-refractivity contribution in [3.63, 3.8) is 0 Å². The molecule has 2 rings (SSSR count). The van der Waals surface area contributed by atoms with Gasteiger partial charge in [-0.2, -0.15) is 0 Å². The summed E-state index contributed by atoms with van der Waals surface area (Å²) in [5.41, 5.74) is 0.965. The summed E-state index contributed by atoms with van der Waals surface area (Å²) in [6, 6.07) is 4.66. The molecular formula is C14H19FN2O2. The summed E-state index contributed by atoms with van der Waals surface area (Å²) in [6.07, 6.45) is 0.125. The van der Waals surface area contributed by atoms with Crippen LogP contribution in [-0.4, -0.2) is 42.6 Å². The van der Waals surface area contributed by atoms with Crippen molar-refractivity contribution in [1.29, 1.82) is 0 Å². The standard InChI is InChI=1S/C14H19FN2O2/c1-10(18)11-4-5-13(12(15)8-11)17-7-3-6-16(2)14(19)9-17/h4-5,8,10,18H,3,6-7,9H2,1-2H3/t10-/m1/s1. The fourth-order valence-electron chi connectivity index (χ4n) is 2.23. The number of carbonyl (C=O) groups is 1. The Hall–Kier alpha value is -1.62. The van der Waals surface area contributed by atoms with Crippen molar-refractivity contribution >= 4 is 11.6 Å². The van der Waals surface area contributed by atoms with Gasteiger partial charge in [0, 0.05) is 20.1 Å². The number of halogens is 1. The number of rotatable bonds is 2. The fraction of sp³-hybridized carbons (Fsp3) is 0.500. The predicted octanol–water partition coefficient (Wildman–Crippen LogP) is 1.55. The molecule has 1 atom stereocenters. The highest BCUT2D eigenvalue weighted by atomic mass is 19.1. The maximum absolute atomic E-state index is 14.1. The third-order valence-corrected chi connectivity index (χ3v) is 3.47. The quantitative estimate of drug-likeness (QED) is 0.883. The minimum absolute atomic E-state index is 0.00324. The van der Waals surface area contributed by atoms with E-state index in [1.807, 2.05) is 0 Å². The fourth-order valence-corrected chi connectivity index (χ4v) is 2.23. The lowest BCUT2D eigenvalue weighted by Gasteiger charge is -2.23.